The Morgan fingerprint density at radius 3 is 2.64 bits per heavy atom. The van der Waals surface area contributed by atoms with Crippen LogP contribution in [-0.2, 0) is 9.59 Å². The van der Waals surface area contributed by atoms with Crippen molar-refractivity contribution in [3.05, 3.63) is 24.5 Å². The fraction of sp³-hybridized carbons (Fsp3) is 0.588. The van der Waals surface area contributed by atoms with Gasteiger partial charge in [-0.3, -0.25) is 14.6 Å². The summed E-state index contributed by atoms with van der Waals surface area (Å²) in [5.41, 5.74) is 0.651. The third-order valence-corrected chi connectivity index (χ3v) is 3.66. The van der Waals surface area contributed by atoms with Crippen molar-refractivity contribution < 1.29 is 9.59 Å². The van der Waals surface area contributed by atoms with Gasteiger partial charge in [0.25, 0.3) is 0 Å². The Hall–Kier alpha value is -1.91. The van der Waals surface area contributed by atoms with Gasteiger partial charge in [0.1, 0.15) is 0 Å². The summed E-state index contributed by atoms with van der Waals surface area (Å²) in [6.07, 6.45) is 8.23. The van der Waals surface area contributed by atoms with Crippen molar-refractivity contribution >= 4 is 17.5 Å². The molecule has 0 bridgehead atoms. The van der Waals surface area contributed by atoms with Crippen molar-refractivity contribution in [3.8, 4) is 0 Å². The van der Waals surface area contributed by atoms with Crippen LogP contribution in [0.2, 0.25) is 0 Å². The zero-order valence-electron chi connectivity index (χ0n) is 13.6. The number of nitrogens with one attached hydrogen (secondary N) is 2. The quantitative estimate of drug-likeness (QED) is 0.697. The lowest BCUT2D eigenvalue weighted by Crippen LogP contribution is -2.29. The maximum Gasteiger partial charge on any atom is 0.224 e. The van der Waals surface area contributed by atoms with Gasteiger partial charge in [0.2, 0.25) is 11.8 Å². The Kier molecular flexibility index (Phi) is 8.88. The van der Waals surface area contributed by atoms with E-state index in [4.69, 9.17) is 0 Å². The highest BCUT2D eigenvalue weighted by molar-refractivity contribution is 5.93. The number of hydrogen-bond donors (Lipinski definition) is 2. The van der Waals surface area contributed by atoms with E-state index in [1.807, 2.05) is 0 Å². The van der Waals surface area contributed by atoms with Crippen LogP contribution in [0.3, 0.4) is 0 Å². The lowest BCUT2D eigenvalue weighted by Gasteiger charge is -2.15. The number of anilines is 1. The second-order valence-electron chi connectivity index (χ2n) is 5.51. The largest absolute Gasteiger partial charge is 0.356 e. The molecule has 0 aliphatic carbocycles. The Morgan fingerprint density at radius 1 is 1.23 bits per heavy atom. The van der Waals surface area contributed by atoms with Crippen LogP contribution in [0, 0.1) is 5.92 Å². The van der Waals surface area contributed by atoms with Crippen molar-refractivity contribution in [2.24, 2.45) is 5.92 Å². The maximum atomic E-state index is 11.8. The normalized spacial score (nSPS) is 11.7. The highest BCUT2D eigenvalue weighted by atomic mass is 16.2. The zero-order chi connectivity index (χ0) is 16.2. The number of rotatable bonds is 10. The number of aromatic nitrogens is 1. The van der Waals surface area contributed by atoms with Crippen molar-refractivity contribution in [2.45, 2.75) is 52.4 Å². The lowest BCUT2D eigenvalue weighted by atomic mass is 9.99. The molecule has 1 aromatic rings. The predicted molar refractivity (Wildman–Crippen MR) is 88.4 cm³/mol. The number of pyridine rings is 1. The number of carbonyl (C=O) groups excluding carboxylic acids is 2. The van der Waals surface area contributed by atoms with E-state index >= 15 is 0 Å². The molecule has 0 aromatic carbocycles. The first kappa shape index (κ1) is 18.1. The molecule has 1 atom stereocenters. The lowest BCUT2D eigenvalue weighted by molar-refractivity contribution is -0.124. The summed E-state index contributed by atoms with van der Waals surface area (Å²) < 4.78 is 0. The Bertz CT molecular complexity index is 448. The van der Waals surface area contributed by atoms with Gasteiger partial charge in [-0.1, -0.05) is 33.1 Å². The first-order valence-corrected chi connectivity index (χ1v) is 8.12. The second kappa shape index (κ2) is 10.8. The summed E-state index contributed by atoms with van der Waals surface area (Å²) in [5, 5.41) is 5.65. The fourth-order valence-electron chi connectivity index (χ4n) is 2.18. The minimum Gasteiger partial charge on any atom is -0.356 e. The molecule has 122 valence electrons. The number of amides is 2. The number of carbonyl (C=O) groups is 2. The molecule has 0 saturated carbocycles. The van der Waals surface area contributed by atoms with Crippen LogP contribution in [0.15, 0.2) is 24.5 Å². The fourth-order valence-corrected chi connectivity index (χ4v) is 2.18. The van der Waals surface area contributed by atoms with Crippen LogP contribution >= 0.6 is 0 Å². The SMILES string of the molecule is CCCCC(CC)CNC(=O)CCC(=O)Nc1cccnc1. The summed E-state index contributed by atoms with van der Waals surface area (Å²) in [6, 6.07) is 3.52. The highest BCUT2D eigenvalue weighted by Crippen LogP contribution is 2.11. The minimum atomic E-state index is -0.166. The van der Waals surface area contributed by atoms with E-state index in [9.17, 15) is 9.59 Å². The van der Waals surface area contributed by atoms with Crippen molar-refractivity contribution in [1.82, 2.24) is 10.3 Å². The average Bonchev–Trinajstić information content (AvgIpc) is 2.54. The van der Waals surface area contributed by atoms with Crippen LogP contribution in [0.5, 0.6) is 0 Å². The van der Waals surface area contributed by atoms with Crippen LogP contribution < -0.4 is 10.6 Å². The molecule has 1 aromatic heterocycles. The topological polar surface area (TPSA) is 71.1 Å². The molecule has 1 unspecified atom stereocenters. The van der Waals surface area contributed by atoms with Gasteiger partial charge in [0, 0.05) is 25.6 Å². The van der Waals surface area contributed by atoms with E-state index in [1.165, 1.54) is 12.8 Å². The molecule has 0 radical (unpaired) electrons. The third-order valence-electron chi connectivity index (χ3n) is 3.66. The van der Waals surface area contributed by atoms with Gasteiger partial charge >= 0.3 is 0 Å². The first-order valence-electron chi connectivity index (χ1n) is 8.12. The molecule has 2 amide bonds. The van der Waals surface area contributed by atoms with Gasteiger partial charge in [0.05, 0.1) is 11.9 Å². The summed E-state index contributed by atoms with van der Waals surface area (Å²) in [4.78, 5) is 27.4. The minimum absolute atomic E-state index is 0.0590. The highest BCUT2D eigenvalue weighted by Gasteiger charge is 2.10. The molecular formula is C17H27N3O2. The van der Waals surface area contributed by atoms with E-state index in [2.05, 4.69) is 29.5 Å². The van der Waals surface area contributed by atoms with Crippen LogP contribution in [-0.4, -0.2) is 23.3 Å². The van der Waals surface area contributed by atoms with Gasteiger partial charge in [-0.2, -0.15) is 0 Å². The standard InChI is InChI=1S/C17H27N3O2/c1-3-5-7-14(4-2)12-19-16(21)9-10-17(22)20-15-8-6-11-18-13-15/h6,8,11,13-14H,3-5,7,9-10,12H2,1-2H3,(H,19,21)(H,20,22). The smallest absolute Gasteiger partial charge is 0.224 e. The number of nitrogens with zero attached hydrogens (tertiary/aromatic N) is 1. The van der Waals surface area contributed by atoms with Crippen molar-refractivity contribution in [3.63, 3.8) is 0 Å². The summed E-state index contributed by atoms with van der Waals surface area (Å²) in [5.74, 6) is 0.311. The number of hydrogen-bond acceptors (Lipinski definition) is 3. The molecule has 0 saturated heterocycles. The van der Waals surface area contributed by atoms with Crippen molar-refractivity contribution in [2.75, 3.05) is 11.9 Å². The van der Waals surface area contributed by atoms with Crippen LogP contribution in [0.1, 0.15) is 52.4 Å². The van der Waals surface area contributed by atoms with Gasteiger partial charge in [-0.15, -0.1) is 0 Å². The summed E-state index contributed by atoms with van der Waals surface area (Å²) in [7, 11) is 0. The molecule has 1 heterocycles. The zero-order valence-corrected chi connectivity index (χ0v) is 13.6. The molecule has 1 rings (SSSR count). The number of unbranched alkanes of at least 4 members (excludes halogenated alkanes) is 1. The first-order chi connectivity index (χ1) is 10.7. The van der Waals surface area contributed by atoms with Crippen LogP contribution in [0.4, 0.5) is 5.69 Å². The molecule has 0 aliphatic rings. The van der Waals surface area contributed by atoms with Crippen LogP contribution in [0.25, 0.3) is 0 Å². The van der Waals surface area contributed by atoms with E-state index in [-0.39, 0.29) is 24.7 Å². The molecule has 0 fully saturated rings. The molecule has 0 aliphatic heterocycles. The molecular weight excluding hydrogens is 278 g/mol. The van der Waals surface area contributed by atoms with Gasteiger partial charge in [-0.05, 0) is 24.5 Å². The van der Waals surface area contributed by atoms with Gasteiger partial charge in [0.15, 0.2) is 0 Å². The monoisotopic (exact) mass is 305 g/mol. The van der Waals surface area contributed by atoms with E-state index < -0.39 is 0 Å². The molecule has 22 heavy (non-hydrogen) atoms. The van der Waals surface area contributed by atoms with E-state index in [0.29, 0.717) is 18.2 Å². The molecule has 5 nitrogen and oxygen atoms in total. The van der Waals surface area contributed by atoms with E-state index in [1.54, 1.807) is 24.5 Å². The molecule has 5 heteroatoms. The van der Waals surface area contributed by atoms with Gasteiger partial charge in [-0.25, -0.2) is 0 Å². The van der Waals surface area contributed by atoms with Gasteiger partial charge < -0.3 is 10.6 Å². The maximum absolute atomic E-state index is 11.8. The molecule has 0 spiro atoms. The second-order valence-corrected chi connectivity index (χ2v) is 5.51. The van der Waals surface area contributed by atoms with Crippen molar-refractivity contribution in [1.29, 1.82) is 0 Å². The third kappa shape index (κ3) is 7.76. The Labute approximate surface area is 132 Å². The Balaban J connectivity index is 2.20. The average molecular weight is 305 g/mol. The van der Waals surface area contributed by atoms with E-state index in [0.717, 1.165) is 12.8 Å². The summed E-state index contributed by atoms with van der Waals surface area (Å²) in [6.45, 7) is 5.03. The predicted octanol–water partition coefficient (Wildman–Crippen LogP) is 3.13. The Morgan fingerprint density at radius 2 is 2.00 bits per heavy atom. The molecule has 2 N–H and O–H groups in total. The summed E-state index contributed by atoms with van der Waals surface area (Å²) >= 11 is 0.